The number of carboxylic acids is 1. The molecule has 70 valence electrons. The predicted molar refractivity (Wildman–Crippen MR) is 49.7 cm³/mol. The summed E-state index contributed by atoms with van der Waals surface area (Å²) >= 11 is 0. The van der Waals surface area contributed by atoms with Gasteiger partial charge in [-0.25, -0.2) is 4.79 Å². The van der Waals surface area contributed by atoms with Gasteiger partial charge < -0.3 is 5.11 Å². The number of rotatable bonds is 3. The lowest BCUT2D eigenvalue weighted by atomic mass is 10.1. The van der Waals surface area contributed by atoms with Crippen molar-refractivity contribution in [1.82, 2.24) is 4.98 Å². The first kappa shape index (κ1) is 9.71. The van der Waals surface area contributed by atoms with Gasteiger partial charge in [0.15, 0.2) is 0 Å². The average Bonchev–Trinajstić information content (AvgIpc) is 2.04. The van der Waals surface area contributed by atoms with E-state index in [9.17, 15) is 4.79 Å². The Morgan fingerprint density at radius 3 is 2.62 bits per heavy atom. The third kappa shape index (κ3) is 2.86. The highest BCUT2D eigenvalue weighted by Crippen LogP contribution is 2.06. The van der Waals surface area contributed by atoms with Gasteiger partial charge in [0.2, 0.25) is 0 Å². The van der Waals surface area contributed by atoms with Crippen molar-refractivity contribution in [3.8, 4) is 0 Å². The van der Waals surface area contributed by atoms with Gasteiger partial charge in [-0.15, -0.1) is 0 Å². The second-order valence-corrected chi connectivity index (χ2v) is 3.44. The van der Waals surface area contributed by atoms with Crippen LogP contribution in [-0.4, -0.2) is 16.1 Å². The topological polar surface area (TPSA) is 50.2 Å². The highest BCUT2D eigenvalue weighted by atomic mass is 16.4. The zero-order chi connectivity index (χ0) is 9.84. The molecule has 13 heavy (non-hydrogen) atoms. The van der Waals surface area contributed by atoms with Crippen LogP contribution in [0.4, 0.5) is 0 Å². The fourth-order valence-electron chi connectivity index (χ4n) is 1.09. The van der Waals surface area contributed by atoms with Crippen molar-refractivity contribution in [2.75, 3.05) is 0 Å². The molecule has 1 heterocycles. The maximum atomic E-state index is 10.5. The normalized spacial score (nSPS) is 10.4. The first-order valence-electron chi connectivity index (χ1n) is 4.28. The lowest BCUT2D eigenvalue weighted by molar-refractivity contribution is 0.0696. The standard InChI is InChI=1S/C10H13NO2/c1-7(2)5-9-4-3-8(6-11-9)10(12)13/h3-4,6-7H,5H2,1-2H3,(H,12,13). The first-order valence-corrected chi connectivity index (χ1v) is 4.28. The molecule has 0 unspecified atom stereocenters. The van der Waals surface area contributed by atoms with E-state index in [1.807, 2.05) is 0 Å². The minimum Gasteiger partial charge on any atom is -0.478 e. The minimum atomic E-state index is -0.927. The maximum absolute atomic E-state index is 10.5. The Morgan fingerprint density at radius 2 is 2.23 bits per heavy atom. The van der Waals surface area contributed by atoms with Crippen molar-refractivity contribution in [3.05, 3.63) is 29.6 Å². The molecule has 1 aromatic heterocycles. The third-order valence-electron chi connectivity index (χ3n) is 1.69. The number of aromatic nitrogens is 1. The Balaban J connectivity index is 2.75. The van der Waals surface area contributed by atoms with Gasteiger partial charge >= 0.3 is 5.97 Å². The van der Waals surface area contributed by atoms with Crippen LogP contribution in [0.2, 0.25) is 0 Å². The Kier molecular flexibility index (Phi) is 3.01. The Morgan fingerprint density at radius 1 is 1.54 bits per heavy atom. The van der Waals surface area contributed by atoms with Crippen molar-refractivity contribution >= 4 is 5.97 Å². The highest BCUT2D eigenvalue weighted by Gasteiger charge is 2.03. The molecule has 0 aliphatic heterocycles. The molecular weight excluding hydrogens is 166 g/mol. The summed E-state index contributed by atoms with van der Waals surface area (Å²) in [6, 6.07) is 3.36. The van der Waals surface area contributed by atoms with Crippen LogP contribution in [0.15, 0.2) is 18.3 Å². The molecule has 1 aromatic rings. The van der Waals surface area contributed by atoms with Crippen LogP contribution in [0.25, 0.3) is 0 Å². The van der Waals surface area contributed by atoms with E-state index < -0.39 is 5.97 Å². The van der Waals surface area contributed by atoms with Gasteiger partial charge in [0.05, 0.1) is 5.56 Å². The van der Waals surface area contributed by atoms with Crippen LogP contribution >= 0.6 is 0 Å². The number of nitrogens with zero attached hydrogens (tertiary/aromatic N) is 1. The summed E-state index contributed by atoms with van der Waals surface area (Å²) in [5.74, 6) is -0.383. The molecular formula is C10H13NO2. The summed E-state index contributed by atoms with van der Waals surface area (Å²) in [5, 5.41) is 8.62. The van der Waals surface area contributed by atoms with Crippen LogP contribution in [-0.2, 0) is 6.42 Å². The van der Waals surface area contributed by atoms with Crippen LogP contribution in [0.5, 0.6) is 0 Å². The molecule has 0 aromatic carbocycles. The molecule has 0 atom stereocenters. The van der Waals surface area contributed by atoms with Crippen LogP contribution < -0.4 is 0 Å². The monoisotopic (exact) mass is 179 g/mol. The largest absolute Gasteiger partial charge is 0.478 e. The van der Waals surface area contributed by atoms with E-state index in [0.717, 1.165) is 12.1 Å². The molecule has 0 aliphatic carbocycles. The van der Waals surface area contributed by atoms with Crippen LogP contribution in [0, 0.1) is 5.92 Å². The summed E-state index contributed by atoms with van der Waals surface area (Å²) < 4.78 is 0. The molecule has 1 rings (SSSR count). The van der Waals surface area contributed by atoms with Gasteiger partial charge in [-0.2, -0.15) is 0 Å². The SMILES string of the molecule is CC(C)Cc1ccc(C(=O)O)cn1. The molecule has 3 heteroatoms. The fraction of sp³-hybridized carbons (Fsp3) is 0.400. The number of carboxylic acid groups (broad SMARTS) is 1. The molecule has 3 nitrogen and oxygen atoms in total. The smallest absolute Gasteiger partial charge is 0.337 e. The minimum absolute atomic E-state index is 0.243. The molecule has 0 aliphatic rings. The molecule has 0 bridgehead atoms. The maximum Gasteiger partial charge on any atom is 0.337 e. The Bertz CT molecular complexity index is 290. The molecule has 1 N–H and O–H groups in total. The van der Waals surface area contributed by atoms with Gasteiger partial charge in [-0.1, -0.05) is 13.8 Å². The lowest BCUT2D eigenvalue weighted by Gasteiger charge is -2.03. The quantitative estimate of drug-likeness (QED) is 0.771. The van der Waals surface area contributed by atoms with Gasteiger partial charge in [0.25, 0.3) is 0 Å². The first-order chi connectivity index (χ1) is 6.09. The summed E-state index contributed by atoms with van der Waals surface area (Å²) in [7, 11) is 0. The van der Waals surface area contributed by atoms with Crippen molar-refractivity contribution in [2.45, 2.75) is 20.3 Å². The summed E-state index contributed by atoms with van der Waals surface area (Å²) in [6.45, 7) is 4.21. The van der Waals surface area contributed by atoms with E-state index in [2.05, 4.69) is 18.8 Å². The second-order valence-electron chi connectivity index (χ2n) is 3.44. The van der Waals surface area contributed by atoms with Crippen molar-refractivity contribution < 1.29 is 9.90 Å². The molecule has 0 radical (unpaired) electrons. The Labute approximate surface area is 77.4 Å². The summed E-state index contributed by atoms with van der Waals surface area (Å²) in [4.78, 5) is 14.6. The molecule has 0 amide bonds. The average molecular weight is 179 g/mol. The third-order valence-corrected chi connectivity index (χ3v) is 1.69. The highest BCUT2D eigenvalue weighted by molar-refractivity contribution is 5.87. The zero-order valence-corrected chi connectivity index (χ0v) is 7.82. The van der Waals surface area contributed by atoms with Crippen molar-refractivity contribution in [3.63, 3.8) is 0 Å². The molecule has 0 spiro atoms. The van der Waals surface area contributed by atoms with Gasteiger partial charge in [-0.3, -0.25) is 4.98 Å². The lowest BCUT2D eigenvalue weighted by Crippen LogP contribution is -2.01. The van der Waals surface area contributed by atoms with E-state index >= 15 is 0 Å². The number of hydrogen-bond donors (Lipinski definition) is 1. The van der Waals surface area contributed by atoms with E-state index in [4.69, 9.17) is 5.11 Å². The van der Waals surface area contributed by atoms with Crippen molar-refractivity contribution in [1.29, 1.82) is 0 Å². The van der Waals surface area contributed by atoms with E-state index in [1.54, 1.807) is 12.1 Å². The summed E-state index contributed by atoms with van der Waals surface area (Å²) in [5.41, 5.74) is 1.19. The van der Waals surface area contributed by atoms with Gasteiger partial charge in [0.1, 0.15) is 0 Å². The zero-order valence-electron chi connectivity index (χ0n) is 7.82. The molecule has 0 saturated carbocycles. The predicted octanol–water partition coefficient (Wildman–Crippen LogP) is 1.98. The van der Waals surface area contributed by atoms with Crippen molar-refractivity contribution in [2.24, 2.45) is 5.92 Å². The molecule has 0 saturated heterocycles. The Hall–Kier alpha value is -1.38. The number of aromatic carboxylic acids is 1. The van der Waals surface area contributed by atoms with E-state index in [0.29, 0.717) is 5.92 Å². The molecule has 0 fully saturated rings. The fourth-order valence-corrected chi connectivity index (χ4v) is 1.09. The van der Waals surface area contributed by atoms with Gasteiger partial charge in [-0.05, 0) is 24.5 Å². The van der Waals surface area contributed by atoms with Crippen LogP contribution in [0.1, 0.15) is 29.9 Å². The van der Waals surface area contributed by atoms with Gasteiger partial charge in [0, 0.05) is 11.9 Å². The number of carbonyl (C=O) groups is 1. The number of pyridine rings is 1. The summed E-state index contributed by atoms with van der Waals surface area (Å²) in [6.07, 6.45) is 2.29. The van der Waals surface area contributed by atoms with E-state index in [1.165, 1.54) is 6.20 Å². The number of hydrogen-bond acceptors (Lipinski definition) is 2. The van der Waals surface area contributed by atoms with Crippen LogP contribution in [0.3, 0.4) is 0 Å². The second kappa shape index (κ2) is 4.03. The van der Waals surface area contributed by atoms with E-state index in [-0.39, 0.29) is 5.56 Å².